The van der Waals surface area contributed by atoms with Crippen LogP contribution in [0, 0.1) is 0 Å². The average Bonchev–Trinajstić information content (AvgIpc) is 2.53. The van der Waals surface area contributed by atoms with Gasteiger partial charge in [0.2, 0.25) is 0 Å². The minimum absolute atomic E-state index is 0.0184. The molecule has 0 aliphatic carbocycles. The summed E-state index contributed by atoms with van der Waals surface area (Å²) in [7, 11) is 1.60. The van der Waals surface area contributed by atoms with E-state index < -0.39 is 0 Å². The van der Waals surface area contributed by atoms with Crippen LogP contribution in [-0.2, 0) is 0 Å². The molecule has 3 aromatic rings. The maximum Gasteiger partial charge on any atom is 0.193 e. The van der Waals surface area contributed by atoms with E-state index in [0.29, 0.717) is 16.9 Å². The predicted molar refractivity (Wildman–Crippen MR) is 85.9 cm³/mol. The first kappa shape index (κ1) is 13.8. The van der Waals surface area contributed by atoms with Gasteiger partial charge in [-0.3, -0.25) is 9.78 Å². The molecule has 0 saturated heterocycles. The predicted octanol–water partition coefficient (Wildman–Crippen LogP) is 4.24. The number of aromatic nitrogens is 1. The highest BCUT2D eigenvalue weighted by molar-refractivity contribution is 9.10. The first-order valence-electron chi connectivity index (χ1n) is 6.41. The summed E-state index contributed by atoms with van der Waals surface area (Å²) in [6, 6.07) is 12.8. The number of ether oxygens (including phenoxy) is 1. The zero-order valence-corrected chi connectivity index (χ0v) is 12.9. The lowest BCUT2D eigenvalue weighted by Crippen LogP contribution is -2.02. The quantitative estimate of drug-likeness (QED) is 0.669. The Bertz CT molecular complexity index is 825. The number of nitrogens with zero attached hydrogens (tertiary/aromatic N) is 1. The molecule has 2 aromatic carbocycles. The highest BCUT2D eigenvalue weighted by Gasteiger charge is 2.14. The number of halogens is 1. The topological polar surface area (TPSA) is 39.2 Å². The van der Waals surface area contributed by atoms with Crippen LogP contribution in [0.25, 0.3) is 10.8 Å². The highest BCUT2D eigenvalue weighted by Crippen LogP contribution is 2.28. The Morgan fingerprint density at radius 2 is 2.05 bits per heavy atom. The van der Waals surface area contributed by atoms with Crippen molar-refractivity contribution in [2.75, 3.05) is 7.11 Å². The van der Waals surface area contributed by atoms with Crippen molar-refractivity contribution in [3.63, 3.8) is 0 Å². The number of benzene rings is 2. The van der Waals surface area contributed by atoms with E-state index in [1.165, 1.54) is 0 Å². The van der Waals surface area contributed by atoms with Crippen molar-refractivity contribution in [3.05, 3.63) is 70.5 Å². The summed E-state index contributed by atoms with van der Waals surface area (Å²) in [6.07, 6.45) is 3.46. The smallest absolute Gasteiger partial charge is 0.193 e. The fraction of sp³-hybridized carbons (Fsp3) is 0.0588. The van der Waals surface area contributed by atoms with Gasteiger partial charge in [-0.05, 0) is 45.6 Å². The molecule has 0 atom stereocenters. The van der Waals surface area contributed by atoms with E-state index in [1.54, 1.807) is 37.7 Å². The Kier molecular flexibility index (Phi) is 3.71. The Labute approximate surface area is 130 Å². The maximum atomic E-state index is 12.7. The standard InChI is InChI=1S/C17H12BrNO2/c1-21-16-6-5-11(9-15(16)18)17(20)14-4-2-3-12-10-19-8-7-13(12)14/h2-10H,1H3. The van der Waals surface area contributed by atoms with Gasteiger partial charge in [0.15, 0.2) is 5.78 Å². The third kappa shape index (κ3) is 2.54. The molecule has 0 radical (unpaired) electrons. The lowest BCUT2D eigenvalue weighted by Gasteiger charge is -2.08. The number of fused-ring (bicyclic) bond motifs is 1. The number of ketones is 1. The van der Waals surface area contributed by atoms with Crippen molar-refractivity contribution in [2.24, 2.45) is 0 Å². The Morgan fingerprint density at radius 1 is 1.19 bits per heavy atom. The Balaban J connectivity index is 2.10. The van der Waals surface area contributed by atoms with Crippen LogP contribution in [0.15, 0.2) is 59.3 Å². The number of hydrogen-bond donors (Lipinski definition) is 0. The van der Waals surface area contributed by atoms with Gasteiger partial charge in [0.25, 0.3) is 0 Å². The Morgan fingerprint density at radius 3 is 2.81 bits per heavy atom. The zero-order valence-electron chi connectivity index (χ0n) is 11.3. The van der Waals surface area contributed by atoms with Crippen molar-refractivity contribution in [2.45, 2.75) is 0 Å². The number of hydrogen-bond acceptors (Lipinski definition) is 3. The first-order chi connectivity index (χ1) is 10.2. The molecule has 1 heterocycles. The summed E-state index contributed by atoms with van der Waals surface area (Å²) in [4.78, 5) is 16.8. The molecule has 21 heavy (non-hydrogen) atoms. The number of carbonyl (C=O) groups is 1. The zero-order chi connectivity index (χ0) is 14.8. The van der Waals surface area contributed by atoms with E-state index in [4.69, 9.17) is 4.74 Å². The minimum atomic E-state index is -0.0184. The van der Waals surface area contributed by atoms with Gasteiger partial charge < -0.3 is 4.74 Å². The average molecular weight is 342 g/mol. The van der Waals surface area contributed by atoms with E-state index in [9.17, 15) is 4.79 Å². The molecule has 3 nitrogen and oxygen atoms in total. The van der Waals surface area contributed by atoms with E-state index in [1.807, 2.05) is 24.3 Å². The van der Waals surface area contributed by atoms with Crippen molar-refractivity contribution in [1.82, 2.24) is 4.98 Å². The molecule has 3 rings (SSSR count). The molecule has 0 aliphatic rings. The van der Waals surface area contributed by atoms with Gasteiger partial charge in [-0.15, -0.1) is 0 Å². The molecule has 104 valence electrons. The maximum absolute atomic E-state index is 12.7. The van der Waals surface area contributed by atoms with Crippen LogP contribution < -0.4 is 4.74 Å². The van der Waals surface area contributed by atoms with Crippen molar-refractivity contribution in [3.8, 4) is 5.75 Å². The minimum Gasteiger partial charge on any atom is -0.496 e. The Hall–Kier alpha value is -2.20. The van der Waals surface area contributed by atoms with Crippen LogP contribution in [0.1, 0.15) is 15.9 Å². The molecule has 0 unspecified atom stereocenters. The monoisotopic (exact) mass is 341 g/mol. The molecule has 0 amide bonds. The summed E-state index contributed by atoms with van der Waals surface area (Å²) in [5.74, 6) is 0.684. The van der Waals surface area contributed by atoms with Gasteiger partial charge in [0, 0.05) is 28.9 Å². The summed E-state index contributed by atoms with van der Waals surface area (Å²) >= 11 is 3.41. The SMILES string of the molecule is COc1ccc(C(=O)c2cccc3cnccc23)cc1Br. The molecule has 0 N–H and O–H groups in total. The third-order valence-electron chi connectivity index (χ3n) is 3.34. The van der Waals surface area contributed by atoms with Gasteiger partial charge >= 0.3 is 0 Å². The van der Waals surface area contributed by atoms with Crippen molar-refractivity contribution in [1.29, 1.82) is 0 Å². The van der Waals surface area contributed by atoms with Crippen LogP contribution in [-0.4, -0.2) is 17.9 Å². The molecular formula is C17H12BrNO2. The molecule has 0 spiro atoms. The molecule has 0 fully saturated rings. The van der Waals surface area contributed by atoms with E-state index >= 15 is 0 Å². The van der Waals surface area contributed by atoms with Crippen LogP contribution in [0.2, 0.25) is 0 Å². The lowest BCUT2D eigenvalue weighted by molar-refractivity contribution is 0.104. The molecular weight excluding hydrogens is 330 g/mol. The largest absolute Gasteiger partial charge is 0.496 e. The first-order valence-corrected chi connectivity index (χ1v) is 7.21. The number of methoxy groups -OCH3 is 1. The number of carbonyl (C=O) groups excluding carboxylic acids is 1. The number of rotatable bonds is 3. The second-order valence-corrected chi connectivity index (χ2v) is 5.44. The van der Waals surface area contributed by atoms with Crippen LogP contribution in [0.3, 0.4) is 0 Å². The molecule has 0 aliphatic heterocycles. The van der Waals surface area contributed by atoms with E-state index in [-0.39, 0.29) is 5.78 Å². The van der Waals surface area contributed by atoms with Crippen LogP contribution in [0.4, 0.5) is 0 Å². The lowest BCUT2D eigenvalue weighted by atomic mass is 9.98. The van der Waals surface area contributed by atoms with E-state index in [2.05, 4.69) is 20.9 Å². The van der Waals surface area contributed by atoms with Gasteiger partial charge in [0.05, 0.1) is 11.6 Å². The number of pyridine rings is 1. The second kappa shape index (κ2) is 5.66. The summed E-state index contributed by atoms with van der Waals surface area (Å²) in [5, 5.41) is 1.86. The molecule has 1 aromatic heterocycles. The fourth-order valence-electron chi connectivity index (χ4n) is 2.28. The van der Waals surface area contributed by atoms with Crippen LogP contribution in [0.5, 0.6) is 5.75 Å². The van der Waals surface area contributed by atoms with Gasteiger partial charge in [0.1, 0.15) is 5.75 Å². The molecule has 0 saturated carbocycles. The summed E-state index contributed by atoms with van der Waals surface area (Å²) in [6.45, 7) is 0. The molecule has 4 heteroatoms. The van der Waals surface area contributed by atoms with Crippen molar-refractivity contribution < 1.29 is 9.53 Å². The second-order valence-electron chi connectivity index (χ2n) is 4.58. The highest BCUT2D eigenvalue weighted by atomic mass is 79.9. The van der Waals surface area contributed by atoms with Gasteiger partial charge in [-0.1, -0.05) is 18.2 Å². The van der Waals surface area contributed by atoms with E-state index in [0.717, 1.165) is 15.2 Å². The summed E-state index contributed by atoms with van der Waals surface area (Å²) < 4.78 is 5.95. The normalized spacial score (nSPS) is 10.6. The third-order valence-corrected chi connectivity index (χ3v) is 3.96. The molecule has 0 bridgehead atoms. The summed E-state index contributed by atoms with van der Waals surface area (Å²) in [5.41, 5.74) is 1.29. The fourth-order valence-corrected chi connectivity index (χ4v) is 2.82. The van der Waals surface area contributed by atoms with Crippen LogP contribution >= 0.6 is 15.9 Å². The van der Waals surface area contributed by atoms with Crippen molar-refractivity contribution >= 4 is 32.5 Å². The van der Waals surface area contributed by atoms with Gasteiger partial charge in [-0.25, -0.2) is 0 Å². The van der Waals surface area contributed by atoms with Gasteiger partial charge in [-0.2, -0.15) is 0 Å².